The van der Waals surface area contributed by atoms with Crippen LogP contribution in [0, 0.1) is 6.92 Å². The highest BCUT2D eigenvalue weighted by atomic mass is 16.3. The van der Waals surface area contributed by atoms with E-state index in [0.717, 1.165) is 52.6 Å². The molecule has 3 heterocycles. The first-order valence-corrected chi connectivity index (χ1v) is 20.3. The van der Waals surface area contributed by atoms with Crippen LogP contribution in [-0.2, 0) is 6.42 Å². The van der Waals surface area contributed by atoms with E-state index in [1.165, 1.54) is 72.5 Å². The van der Waals surface area contributed by atoms with E-state index in [0.29, 0.717) is 0 Å². The summed E-state index contributed by atoms with van der Waals surface area (Å²) in [6.45, 7) is 4.42. The number of para-hydroxylation sites is 2. The number of hydrogen-bond acceptors (Lipinski definition) is 3. The van der Waals surface area contributed by atoms with Gasteiger partial charge < -0.3 is 14.1 Å². The van der Waals surface area contributed by atoms with Gasteiger partial charge in [0.2, 0.25) is 0 Å². The standard InChI is InChI=1S/C53H41BN2O/c1-3-4-16-36-25-27-47(42(31-36)38-19-10-6-11-20-38)55-49-34-52-44(41-23-14-15-24-51(41)57-52)33-46(49)54-53-45(29-35(2)30-50(53)55)43-32-39(37-17-8-5-9-18-37)26-28-48(43)56(54)40-21-12-7-13-22-40/h5-15,17-34H,3-4,16H2,1-2H3. The summed E-state index contributed by atoms with van der Waals surface area (Å²) >= 11 is 0. The van der Waals surface area contributed by atoms with Crippen LogP contribution >= 0.6 is 0 Å². The number of benzene rings is 8. The summed E-state index contributed by atoms with van der Waals surface area (Å²) in [7, 11) is 0. The van der Waals surface area contributed by atoms with E-state index in [-0.39, 0.29) is 6.85 Å². The molecule has 1 aromatic heterocycles. The molecule has 0 unspecified atom stereocenters. The summed E-state index contributed by atoms with van der Waals surface area (Å²) in [5.41, 5.74) is 20.2. The highest BCUT2D eigenvalue weighted by Gasteiger charge is 2.46. The first-order valence-electron chi connectivity index (χ1n) is 20.3. The Hall–Kier alpha value is -6.78. The summed E-state index contributed by atoms with van der Waals surface area (Å²) in [5.74, 6) is 0. The second-order valence-electron chi connectivity index (χ2n) is 15.6. The van der Waals surface area contributed by atoms with Gasteiger partial charge in [-0.3, -0.25) is 0 Å². The first-order chi connectivity index (χ1) is 28.1. The maximum Gasteiger partial charge on any atom is 0.333 e. The lowest BCUT2D eigenvalue weighted by atomic mass is 9.43. The Morgan fingerprint density at radius 3 is 2.02 bits per heavy atom. The summed E-state index contributed by atoms with van der Waals surface area (Å²) < 4.78 is 6.68. The van der Waals surface area contributed by atoms with E-state index in [9.17, 15) is 0 Å². The van der Waals surface area contributed by atoms with E-state index in [4.69, 9.17) is 4.42 Å². The number of rotatable bonds is 7. The molecule has 0 radical (unpaired) electrons. The van der Waals surface area contributed by atoms with Gasteiger partial charge in [-0.25, -0.2) is 0 Å². The Balaban J connectivity index is 1.26. The van der Waals surface area contributed by atoms with Crippen molar-refractivity contribution in [1.29, 1.82) is 0 Å². The minimum Gasteiger partial charge on any atom is -0.456 e. The molecule has 2 aliphatic rings. The zero-order valence-electron chi connectivity index (χ0n) is 32.2. The molecule has 0 fully saturated rings. The molecule has 272 valence electrons. The average molecular weight is 733 g/mol. The number of hydrogen-bond donors (Lipinski definition) is 0. The first kappa shape index (κ1) is 33.6. The number of furan rings is 1. The fourth-order valence-corrected chi connectivity index (χ4v) is 9.43. The zero-order chi connectivity index (χ0) is 38.0. The van der Waals surface area contributed by atoms with Crippen LogP contribution in [0.2, 0.25) is 0 Å². The van der Waals surface area contributed by atoms with Gasteiger partial charge in [-0.1, -0.05) is 135 Å². The van der Waals surface area contributed by atoms with Crippen molar-refractivity contribution in [2.24, 2.45) is 0 Å². The maximum atomic E-state index is 6.68. The van der Waals surface area contributed by atoms with Crippen LogP contribution in [0.3, 0.4) is 0 Å². The number of anilines is 5. The molecule has 0 saturated carbocycles. The molecule has 8 aromatic carbocycles. The maximum absolute atomic E-state index is 6.68. The van der Waals surface area contributed by atoms with Crippen LogP contribution in [0.5, 0.6) is 0 Å². The van der Waals surface area contributed by atoms with Gasteiger partial charge in [0.25, 0.3) is 0 Å². The molecule has 0 bridgehead atoms. The molecule has 0 saturated heterocycles. The number of nitrogens with zero attached hydrogens (tertiary/aromatic N) is 2. The number of aryl methyl sites for hydroxylation is 2. The molecule has 0 aliphatic carbocycles. The van der Waals surface area contributed by atoms with Gasteiger partial charge in [0.05, 0.1) is 5.69 Å². The lowest BCUT2D eigenvalue weighted by Crippen LogP contribution is -2.61. The van der Waals surface area contributed by atoms with Crippen LogP contribution in [0.4, 0.5) is 28.4 Å². The number of fused-ring (bicyclic) bond motifs is 7. The summed E-state index contributed by atoms with van der Waals surface area (Å²) in [5, 5.41) is 2.27. The molecule has 0 spiro atoms. The summed E-state index contributed by atoms with van der Waals surface area (Å²) in [6, 6.07) is 64.9. The second kappa shape index (κ2) is 13.5. The Morgan fingerprint density at radius 2 is 1.23 bits per heavy atom. The monoisotopic (exact) mass is 732 g/mol. The Bertz CT molecular complexity index is 2970. The SMILES string of the molecule is CCCCc1ccc(N2c3cc4oc5ccccc5c4cc3B3c4c(cc(C)cc42)-c2cc(-c4ccccc4)ccc2N3c2ccccc2)c(-c2ccccc2)c1. The zero-order valence-corrected chi connectivity index (χ0v) is 32.2. The molecule has 2 aliphatic heterocycles. The van der Waals surface area contributed by atoms with Gasteiger partial charge in [-0.15, -0.1) is 0 Å². The van der Waals surface area contributed by atoms with E-state index in [2.05, 4.69) is 199 Å². The largest absolute Gasteiger partial charge is 0.456 e. The highest BCUT2D eigenvalue weighted by Crippen LogP contribution is 2.50. The normalized spacial score (nSPS) is 12.8. The van der Waals surface area contributed by atoms with Crippen LogP contribution in [0.15, 0.2) is 180 Å². The van der Waals surface area contributed by atoms with Gasteiger partial charge in [-0.05, 0) is 113 Å². The van der Waals surface area contributed by atoms with Crippen LogP contribution in [-0.4, -0.2) is 6.85 Å². The van der Waals surface area contributed by atoms with Gasteiger partial charge in [0, 0.05) is 50.7 Å². The molecule has 0 amide bonds. The predicted octanol–water partition coefficient (Wildman–Crippen LogP) is 13.3. The van der Waals surface area contributed by atoms with Crippen LogP contribution in [0.1, 0.15) is 30.9 Å². The van der Waals surface area contributed by atoms with Gasteiger partial charge in [0.15, 0.2) is 0 Å². The lowest BCUT2D eigenvalue weighted by Gasteiger charge is -2.46. The number of unbranched alkanes of at least 4 members (excludes halogenated alkanes) is 1. The van der Waals surface area contributed by atoms with Crippen molar-refractivity contribution >= 4 is 68.1 Å². The molecule has 4 heteroatoms. The van der Waals surface area contributed by atoms with Crippen molar-refractivity contribution in [2.75, 3.05) is 9.71 Å². The predicted molar refractivity (Wildman–Crippen MR) is 242 cm³/mol. The van der Waals surface area contributed by atoms with Crippen molar-refractivity contribution in [2.45, 2.75) is 33.1 Å². The Morgan fingerprint density at radius 1 is 0.509 bits per heavy atom. The third-order valence-electron chi connectivity index (χ3n) is 12.0. The fraction of sp³-hybridized carbons (Fsp3) is 0.0943. The minimum atomic E-state index is -0.0959. The van der Waals surface area contributed by atoms with Crippen molar-refractivity contribution in [3.8, 4) is 33.4 Å². The summed E-state index contributed by atoms with van der Waals surface area (Å²) in [6.07, 6.45) is 3.38. The molecule has 57 heavy (non-hydrogen) atoms. The van der Waals surface area contributed by atoms with E-state index in [1.807, 2.05) is 0 Å². The molecule has 11 rings (SSSR count). The molecule has 3 nitrogen and oxygen atoms in total. The van der Waals surface area contributed by atoms with Gasteiger partial charge >= 0.3 is 6.85 Å². The molecule has 0 atom stereocenters. The summed E-state index contributed by atoms with van der Waals surface area (Å²) in [4.78, 5) is 5.13. The highest BCUT2D eigenvalue weighted by molar-refractivity contribution is 6.93. The third kappa shape index (κ3) is 5.43. The third-order valence-corrected chi connectivity index (χ3v) is 12.0. The van der Waals surface area contributed by atoms with E-state index in [1.54, 1.807) is 0 Å². The van der Waals surface area contributed by atoms with Crippen molar-refractivity contribution < 1.29 is 4.42 Å². The fourth-order valence-electron chi connectivity index (χ4n) is 9.43. The van der Waals surface area contributed by atoms with Gasteiger partial charge in [0.1, 0.15) is 11.2 Å². The smallest absolute Gasteiger partial charge is 0.333 e. The lowest BCUT2D eigenvalue weighted by molar-refractivity contribution is 0.669. The molecular weight excluding hydrogens is 691 g/mol. The van der Waals surface area contributed by atoms with Crippen LogP contribution < -0.4 is 20.6 Å². The van der Waals surface area contributed by atoms with E-state index >= 15 is 0 Å². The second-order valence-corrected chi connectivity index (χ2v) is 15.6. The van der Waals surface area contributed by atoms with Crippen molar-refractivity contribution in [3.05, 3.63) is 187 Å². The van der Waals surface area contributed by atoms with Crippen molar-refractivity contribution in [3.63, 3.8) is 0 Å². The average Bonchev–Trinajstić information content (AvgIpc) is 3.63. The Labute approximate surface area is 334 Å². The molecular formula is C53H41BN2O. The quantitative estimate of drug-likeness (QED) is 0.152. The topological polar surface area (TPSA) is 19.6 Å². The minimum absolute atomic E-state index is 0.0959. The Kier molecular flexibility index (Phi) is 7.92. The molecule has 0 N–H and O–H groups in total. The van der Waals surface area contributed by atoms with Crippen molar-refractivity contribution in [1.82, 2.24) is 0 Å². The molecule has 9 aromatic rings. The van der Waals surface area contributed by atoms with E-state index < -0.39 is 0 Å². The van der Waals surface area contributed by atoms with Gasteiger partial charge in [-0.2, -0.15) is 0 Å². The van der Waals surface area contributed by atoms with Crippen LogP contribution in [0.25, 0.3) is 55.3 Å².